The zero-order valence-corrected chi connectivity index (χ0v) is 20.9. The molecule has 38 heavy (non-hydrogen) atoms. The monoisotopic (exact) mass is 516 g/mol. The lowest BCUT2D eigenvalue weighted by atomic mass is 10.0. The lowest BCUT2D eigenvalue weighted by Gasteiger charge is -2.15. The zero-order valence-electron chi connectivity index (χ0n) is 20.9. The first-order valence-corrected chi connectivity index (χ1v) is 11.6. The third kappa shape index (κ3) is 4.59. The van der Waals surface area contributed by atoms with Crippen LogP contribution in [0.2, 0.25) is 0 Å². The molecule has 5 rings (SSSR count). The number of aromatic nitrogens is 1. The van der Waals surface area contributed by atoms with E-state index in [1.807, 2.05) is 0 Å². The van der Waals surface area contributed by atoms with Crippen molar-refractivity contribution in [2.24, 2.45) is 0 Å². The molecule has 0 radical (unpaired) electrons. The average Bonchev–Trinajstić information content (AvgIpc) is 3.41. The molecule has 0 spiro atoms. The maximum atomic E-state index is 13.5. The molecule has 0 atom stereocenters. The van der Waals surface area contributed by atoms with E-state index in [-0.39, 0.29) is 24.3 Å². The number of amides is 1. The number of ketones is 1. The summed E-state index contributed by atoms with van der Waals surface area (Å²) in [7, 11) is 4.54. The molecule has 0 fully saturated rings. The highest BCUT2D eigenvalue weighted by atomic mass is 16.7. The van der Waals surface area contributed by atoms with Crippen molar-refractivity contribution in [1.82, 2.24) is 4.57 Å². The molecular weight excluding hydrogens is 492 g/mol. The van der Waals surface area contributed by atoms with Crippen LogP contribution in [0.15, 0.2) is 65.6 Å². The van der Waals surface area contributed by atoms with Crippen LogP contribution in [0.4, 0.5) is 5.69 Å². The molecule has 0 aliphatic carbocycles. The van der Waals surface area contributed by atoms with Gasteiger partial charge in [0.1, 0.15) is 23.8 Å². The van der Waals surface area contributed by atoms with Crippen LogP contribution in [0.3, 0.4) is 0 Å². The number of nitrogens with one attached hydrogen (secondary N) is 1. The van der Waals surface area contributed by atoms with Gasteiger partial charge < -0.3 is 33.6 Å². The van der Waals surface area contributed by atoms with Crippen LogP contribution in [-0.2, 0) is 11.3 Å². The van der Waals surface area contributed by atoms with Gasteiger partial charge in [0.25, 0.3) is 0 Å². The summed E-state index contributed by atoms with van der Waals surface area (Å²) in [5.41, 5.74) is 0.601. The Morgan fingerprint density at radius 1 is 0.895 bits per heavy atom. The number of rotatable bonds is 8. The van der Waals surface area contributed by atoms with Crippen molar-refractivity contribution in [2.75, 3.05) is 33.4 Å². The molecule has 1 aromatic heterocycles. The van der Waals surface area contributed by atoms with E-state index >= 15 is 0 Å². The van der Waals surface area contributed by atoms with Gasteiger partial charge in [0.2, 0.25) is 18.1 Å². The number of fused-ring (bicyclic) bond motifs is 2. The molecule has 10 heteroatoms. The Morgan fingerprint density at radius 3 is 2.26 bits per heavy atom. The molecule has 194 valence electrons. The van der Waals surface area contributed by atoms with Crippen LogP contribution < -0.4 is 34.4 Å². The summed E-state index contributed by atoms with van der Waals surface area (Å²) < 4.78 is 28.2. The van der Waals surface area contributed by atoms with Crippen molar-refractivity contribution in [3.05, 3.63) is 82.1 Å². The van der Waals surface area contributed by atoms with E-state index < -0.39 is 17.1 Å². The van der Waals surface area contributed by atoms with Crippen LogP contribution in [-0.4, -0.2) is 44.4 Å². The molecule has 3 aromatic carbocycles. The Balaban J connectivity index is 1.55. The first-order chi connectivity index (χ1) is 18.4. The molecule has 0 saturated carbocycles. The highest BCUT2D eigenvalue weighted by Gasteiger charge is 2.23. The van der Waals surface area contributed by atoms with E-state index in [1.54, 1.807) is 53.1 Å². The van der Waals surface area contributed by atoms with Crippen molar-refractivity contribution in [1.29, 1.82) is 0 Å². The second kappa shape index (κ2) is 10.2. The Hall–Kier alpha value is -4.99. The van der Waals surface area contributed by atoms with Gasteiger partial charge in [0, 0.05) is 23.9 Å². The Labute approximate surface area is 217 Å². The third-order valence-corrected chi connectivity index (χ3v) is 6.17. The second-order valence-electron chi connectivity index (χ2n) is 8.39. The molecule has 10 nitrogen and oxygen atoms in total. The van der Waals surface area contributed by atoms with Gasteiger partial charge in [-0.1, -0.05) is 0 Å². The Bertz CT molecular complexity index is 1610. The van der Waals surface area contributed by atoms with Gasteiger partial charge in [0.05, 0.1) is 43.5 Å². The smallest absolute Gasteiger partial charge is 0.244 e. The van der Waals surface area contributed by atoms with Crippen molar-refractivity contribution < 1.29 is 33.3 Å². The van der Waals surface area contributed by atoms with Crippen LogP contribution >= 0.6 is 0 Å². The predicted octanol–water partition coefficient (Wildman–Crippen LogP) is 3.63. The minimum atomic E-state index is -0.483. The molecule has 0 saturated heterocycles. The van der Waals surface area contributed by atoms with E-state index in [0.29, 0.717) is 45.5 Å². The highest BCUT2D eigenvalue weighted by molar-refractivity contribution is 6.10. The van der Waals surface area contributed by atoms with Crippen molar-refractivity contribution in [3.63, 3.8) is 0 Å². The topological polar surface area (TPSA) is 114 Å². The predicted molar refractivity (Wildman–Crippen MR) is 139 cm³/mol. The summed E-state index contributed by atoms with van der Waals surface area (Å²) in [6, 6.07) is 14.6. The number of benzene rings is 3. The lowest BCUT2D eigenvalue weighted by Crippen LogP contribution is -2.24. The van der Waals surface area contributed by atoms with E-state index in [4.69, 9.17) is 23.7 Å². The van der Waals surface area contributed by atoms with Gasteiger partial charge in [-0.3, -0.25) is 14.4 Å². The summed E-state index contributed by atoms with van der Waals surface area (Å²) in [5, 5.41) is 3.04. The minimum absolute atomic E-state index is 0.00916. The van der Waals surface area contributed by atoms with E-state index in [2.05, 4.69) is 5.32 Å². The number of anilines is 1. The van der Waals surface area contributed by atoms with E-state index in [1.165, 1.54) is 33.6 Å². The fourth-order valence-electron chi connectivity index (χ4n) is 4.22. The summed E-state index contributed by atoms with van der Waals surface area (Å²) >= 11 is 0. The third-order valence-electron chi connectivity index (χ3n) is 6.17. The maximum absolute atomic E-state index is 13.5. The minimum Gasteiger partial charge on any atom is -0.497 e. The second-order valence-corrected chi connectivity index (χ2v) is 8.39. The van der Waals surface area contributed by atoms with Crippen LogP contribution in [0, 0.1) is 0 Å². The first kappa shape index (κ1) is 24.7. The molecule has 1 aliphatic rings. The normalized spacial score (nSPS) is 11.8. The summed E-state index contributed by atoms with van der Waals surface area (Å²) in [6.45, 7) is -0.191. The van der Waals surface area contributed by atoms with Gasteiger partial charge in [-0.2, -0.15) is 0 Å². The van der Waals surface area contributed by atoms with Crippen molar-refractivity contribution in [3.8, 4) is 28.7 Å². The maximum Gasteiger partial charge on any atom is 0.244 e. The number of hydrogen-bond donors (Lipinski definition) is 1. The van der Waals surface area contributed by atoms with Gasteiger partial charge in [-0.05, 0) is 42.5 Å². The molecule has 0 unspecified atom stereocenters. The lowest BCUT2D eigenvalue weighted by molar-refractivity contribution is -0.116. The van der Waals surface area contributed by atoms with Crippen LogP contribution in [0.1, 0.15) is 15.9 Å². The molecule has 4 aromatic rings. The van der Waals surface area contributed by atoms with E-state index in [0.717, 1.165) is 0 Å². The standard InChI is InChI=1S/C28H24N2O8/c1-34-17-6-4-16(5-7-17)27(32)20-13-30(22-12-25-24(37-15-38-25)11-19(22)28(20)33)14-26(31)29-21-9-8-18(35-2)10-23(21)36-3/h4-13H,14-15H2,1-3H3,(H,29,31). The largest absolute Gasteiger partial charge is 0.497 e. The highest BCUT2D eigenvalue weighted by Crippen LogP contribution is 2.35. The summed E-state index contributed by atoms with van der Waals surface area (Å²) in [5.74, 6) is 1.52. The molecule has 1 N–H and O–H groups in total. The SMILES string of the molecule is COc1ccc(C(=O)c2cn(CC(=O)Nc3ccc(OC)cc3OC)c3cc4c(cc3c2=O)OCO4)cc1. The number of carbonyl (C=O) groups is 2. The fraction of sp³-hybridized carbons (Fsp3) is 0.179. The number of nitrogens with zero attached hydrogens (tertiary/aromatic N) is 1. The van der Waals surface area contributed by atoms with Crippen molar-refractivity contribution >= 4 is 28.3 Å². The van der Waals surface area contributed by atoms with Gasteiger partial charge in [0.15, 0.2) is 17.3 Å². The van der Waals surface area contributed by atoms with Gasteiger partial charge in [-0.25, -0.2) is 0 Å². The zero-order chi connectivity index (χ0) is 26.8. The summed E-state index contributed by atoms with van der Waals surface area (Å²) in [6.07, 6.45) is 1.39. The Morgan fingerprint density at radius 2 is 1.58 bits per heavy atom. The number of hydrogen-bond acceptors (Lipinski definition) is 8. The fourth-order valence-corrected chi connectivity index (χ4v) is 4.22. The van der Waals surface area contributed by atoms with E-state index in [9.17, 15) is 14.4 Å². The quantitative estimate of drug-likeness (QED) is 0.353. The van der Waals surface area contributed by atoms with Crippen molar-refractivity contribution in [2.45, 2.75) is 6.54 Å². The van der Waals surface area contributed by atoms with Gasteiger partial charge >= 0.3 is 0 Å². The summed E-state index contributed by atoms with van der Waals surface area (Å²) in [4.78, 5) is 40.0. The first-order valence-electron chi connectivity index (χ1n) is 11.6. The number of pyridine rings is 1. The van der Waals surface area contributed by atoms with Gasteiger partial charge in [-0.15, -0.1) is 0 Å². The molecule has 0 bridgehead atoms. The molecule has 2 heterocycles. The molecule has 1 aliphatic heterocycles. The molecular formula is C28H24N2O8. The van der Waals surface area contributed by atoms with Crippen LogP contribution in [0.5, 0.6) is 28.7 Å². The van der Waals surface area contributed by atoms with Crippen LogP contribution in [0.25, 0.3) is 10.9 Å². The molecule has 1 amide bonds. The number of methoxy groups -OCH3 is 3. The number of ether oxygens (including phenoxy) is 5. The average molecular weight is 517 g/mol. The number of carbonyl (C=O) groups excluding carboxylic acids is 2. The Kier molecular flexibility index (Phi) is 6.61.